The van der Waals surface area contributed by atoms with Gasteiger partial charge in [-0.2, -0.15) is 0 Å². The van der Waals surface area contributed by atoms with Gasteiger partial charge in [0.2, 0.25) is 0 Å². The van der Waals surface area contributed by atoms with Crippen LogP contribution in [0.3, 0.4) is 0 Å². The van der Waals surface area contributed by atoms with E-state index in [-0.39, 0.29) is 12.1 Å². The van der Waals surface area contributed by atoms with Crippen LogP contribution in [-0.2, 0) is 4.79 Å². The first-order chi connectivity index (χ1) is 6.70. The predicted octanol–water partition coefficient (Wildman–Crippen LogP) is 0.533. The van der Waals surface area contributed by atoms with Gasteiger partial charge in [-0.05, 0) is 32.5 Å². The third kappa shape index (κ3) is 2.45. The maximum atomic E-state index is 11.2. The second kappa shape index (κ2) is 5.32. The summed E-state index contributed by atoms with van der Waals surface area (Å²) in [5.74, 6) is -0.701. The zero-order valence-corrected chi connectivity index (χ0v) is 8.99. The van der Waals surface area contributed by atoms with Gasteiger partial charge in [0.15, 0.2) is 0 Å². The van der Waals surface area contributed by atoms with Crippen molar-refractivity contribution in [2.24, 2.45) is 0 Å². The van der Waals surface area contributed by atoms with Gasteiger partial charge in [-0.3, -0.25) is 9.69 Å². The summed E-state index contributed by atoms with van der Waals surface area (Å²) < 4.78 is 0. The van der Waals surface area contributed by atoms with Crippen LogP contribution in [0.25, 0.3) is 0 Å². The Bertz CT molecular complexity index is 185. The van der Waals surface area contributed by atoms with Crippen molar-refractivity contribution >= 4 is 5.97 Å². The number of nitrogens with one attached hydrogen (secondary N) is 1. The van der Waals surface area contributed by atoms with Crippen LogP contribution in [0.1, 0.15) is 26.7 Å². The third-order valence-electron chi connectivity index (χ3n) is 2.94. The van der Waals surface area contributed by atoms with E-state index in [0.717, 1.165) is 32.5 Å². The highest BCUT2D eigenvalue weighted by molar-refractivity contribution is 5.74. The molecule has 0 bridgehead atoms. The summed E-state index contributed by atoms with van der Waals surface area (Å²) in [4.78, 5) is 13.2. The molecule has 0 amide bonds. The Morgan fingerprint density at radius 1 is 1.57 bits per heavy atom. The molecule has 0 aromatic heterocycles. The van der Waals surface area contributed by atoms with Crippen LogP contribution in [0.15, 0.2) is 0 Å². The number of carboxylic acids is 1. The Morgan fingerprint density at radius 3 is 2.57 bits per heavy atom. The lowest BCUT2D eigenvalue weighted by Gasteiger charge is -2.30. The number of hydrogen-bond donors (Lipinski definition) is 2. The summed E-state index contributed by atoms with van der Waals surface area (Å²) >= 11 is 0. The highest BCUT2D eigenvalue weighted by Crippen LogP contribution is 2.14. The summed E-state index contributed by atoms with van der Waals surface area (Å²) in [6, 6.07) is -0.222. The molecular formula is C10H20N2O2. The molecule has 1 saturated heterocycles. The van der Waals surface area contributed by atoms with Gasteiger partial charge in [-0.1, -0.05) is 13.8 Å². The Hall–Kier alpha value is -0.610. The van der Waals surface area contributed by atoms with E-state index in [0.29, 0.717) is 0 Å². The summed E-state index contributed by atoms with van der Waals surface area (Å²) in [6.45, 7) is 6.57. The fourth-order valence-corrected chi connectivity index (χ4v) is 2.18. The van der Waals surface area contributed by atoms with Crippen molar-refractivity contribution in [2.45, 2.75) is 38.8 Å². The van der Waals surface area contributed by atoms with E-state index < -0.39 is 5.97 Å². The van der Waals surface area contributed by atoms with Crippen LogP contribution < -0.4 is 5.32 Å². The second-order valence-electron chi connectivity index (χ2n) is 3.71. The summed E-state index contributed by atoms with van der Waals surface area (Å²) in [6.07, 6.45) is 2.07. The molecule has 82 valence electrons. The molecule has 0 aromatic carbocycles. The van der Waals surface area contributed by atoms with Crippen molar-refractivity contribution in [1.82, 2.24) is 10.2 Å². The predicted molar refractivity (Wildman–Crippen MR) is 55.4 cm³/mol. The first-order valence-electron chi connectivity index (χ1n) is 5.41. The van der Waals surface area contributed by atoms with Gasteiger partial charge < -0.3 is 10.4 Å². The van der Waals surface area contributed by atoms with Crippen molar-refractivity contribution in [3.05, 3.63) is 0 Å². The zero-order valence-electron chi connectivity index (χ0n) is 8.99. The number of carboxylic acid groups (broad SMARTS) is 1. The maximum absolute atomic E-state index is 11.2. The summed E-state index contributed by atoms with van der Waals surface area (Å²) in [5.41, 5.74) is 0. The topological polar surface area (TPSA) is 52.6 Å². The minimum Gasteiger partial charge on any atom is -0.480 e. The monoisotopic (exact) mass is 200 g/mol. The Balaban J connectivity index is 2.66. The molecule has 4 heteroatoms. The molecule has 14 heavy (non-hydrogen) atoms. The lowest BCUT2D eigenvalue weighted by Crippen LogP contribution is -2.52. The quantitative estimate of drug-likeness (QED) is 0.680. The summed E-state index contributed by atoms with van der Waals surface area (Å²) in [5, 5.41) is 12.4. The van der Waals surface area contributed by atoms with E-state index in [4.69, 9.17) is 0 Å². The number of rotatable bonds is 5. The molecule has 4 nitrogen and oxygen atoms in total. The van der Waals surface area contributed by atoms with E-state index in [1.807, 2.05) is 18.7 Å². The van der Waals surface area contributed by atoms with Crippen LogP contribution in [0.5, 0.6) is 0 Å². The van der Waals surface area contributed by atoms with E-state index in [1.165, 1.54) is 0 Å². The molecule has 0 saturated carbocycles. The molecule has 0 aromatic rings. The van der Waals surface area contributed by atoms with Crippen molar-refractivity contribution in [3.63, 3.8) is 0 Å². The number of hydrogen-bond acceptors (Lipinski definition) is 3. The van der Waals surface area contributed by atoms with Gasteiger partial charge in [-0.25, -0.2) is 0 Å². The molecular weight excluding hydrogens is 180 g/mol. The van der Waals surface area contributed by atoms with E-state index in [9.17, 15) is 9.90 Å². The van der Waals surface area contributed by atoms with Crippen LogP contribution in [-0.4, -0.2) is 47.7 Å². The van der Waals surface area contributed by atoms with Crippen molar-refractivity contribution in [1.29, 1.82) is 0 Å². The van der Waals surface area contributed by atoms with Gasteiger partial charge >= 0.3 is 5.97 Å². The normalized spacial score (nSPS) is 24.1. The van der Waals surface area contributed by atoms with Gasteiger partial charge in [0.25, 0.3) is 0 Å². The van der Waals surface area contributed by atoms with Crippen LogP contribution in [0, 0.1) is 0 Å². The van der Waals surface area contributed by atoms with Crippen LogP contribution in [0.2, 0.25) is 0 Å². The number of nitrogens with zero attached hydrogens (tertiary/aromatic N) is 1. The van der Waals surface area contributed by atoms with E-state index in [2.05, 4.69) is 5.32 Å². The molecule has 2 atom stereocenters. The number of carbonyl (C=O) groups is 1. The number of likely N-dealkylation sites (N-methyl/N-ethyl adjacent to an activating group) is 1. The largest absolute Gasteiger partial charge is 0.480 e. The Labute approximate surface area is 85.3 Å². The summed E-state index contributed by atoms with van der Waals surface area (Å²) in [7, 11) is 0. The Kier molecular flexibility index (Phi) is 4.35. The van der Waals surface area contributed by atoms with Crippen molar-refractivity contribution in [3.8, 4) is 0 Å². The molecule has 1 aliphatic rings. The molecule has 1 aliphatic heterocycles. The highest BCUT2D eigenvalue weighted by atomic mass is 16.4. The Morgan fingerprint density at radius 2 is 2.21 bits per heavy atom. The fraction of sp³-hybridized carbons (Fsp3) is 0.900. The van der Waals surface area contributed by atoms with Crippen molar-refractivity contribution < 1.29 is 9.90 Å². The molecule has 0 spiro atoms. The molecule has 0 radical (unpaired) electrons. The first kappa shape index (κ1) is 11.5. The molecule has 1 fully saturated rings. The molecule has 1 rings (SSSR count). The van der Waals surface area contributed by atoms with E-state index >= 15 is 0 Å². The highest BCUT2D eigenvalue weighted by Gasteiger charge is 2.33. The maximum Gasteiger partial charge on any atom is 0.322 e. The average molecular weight is 200 g/mol. The number of aliphatic carboxylic acids is 1. The molecule has 2 unspecified atom stereocenters. The minimum absolute atomic E-state index is 0.132. The van der Waals surface area contributed by atoms with Gasteiger partial charge in [0.1, 0.15) is 6.04 Å². The molecule has 0 aliphatic carbocycles. The zero-order chi connectivity index (χ0) is 10.6. The third-order valence-corrected chi connectivity index (χ3v) is 2.94. The van der Waals surface area contributed by atoms with Gasteiger partial charge in [0.05, 0.1) is 0 Å². The second-order valence-corrected chi connectivity index (χ2v) is 3.71. The fourth-order valence-electron chi connectivity index (χ4n) is 2.18. The lowest BCUT2D eigenvalue weighted by atomic mass is 10.1. The van der Waals surface area contributed by atoms with Crippen LogP contribution >= 0.6 is 0 Å². The molecule has 1 heterocycles. The van der Waals surface area contributed by atoms with Gasteiger partial charge in [-0.15, -0.1) is 0 Å². The van der Waals surface area contributed by atoms with Crippen LogP contribution in [0.4, 0.5) is 0 Å². The van der Waals surface area contributed by atoms with E-state index in [1.54, 1.807) is 0 Å². The molecule has 2 N–H and O–H groups in total. The lowest BCUT2D eigenvalue weighted by molar-refractivity contribution is -0.144. The first-order valence-corrected chi connectivity index (χ1v) is 5.41. The SMILES string of the molecule is CCN(CC)C(C(=O)O)C1CCCN1. The average Bonchev–Trinajstić information content (AvgIpc) is 2.65. The van der Waals surface area contributed by atoms with Crippen molar-refractivity contribution in [2.75, 3.05) is 19.6 Å². The standard InChI is InChI=1S/C10H20N2O2/c1-3-12(4-2)9(10(13)14)8-6-5-7-11-8/h8-9,11H,3-7H2,1-2H3,(H,13,14). The smallest absolute Gasteiger partial charge is 0.322 e. The minimum atomic E-state index is -0.701. The van der Waals surface area contributed by atoms with Gasteiger partial charge in [0, 0.05) is 6.04 Å².